The molecule has 5 rings (SSSR count). The van der Waals surface area contributed by atoms with Crippen LogP contribution in [0.1, 0.15) is 25.3 Å². The number of nitrogens with zero attached hydrogens (tertiary/aromatic N) is 5. The van der Waals surface area contributed by atoms with E-state index in [0.29, 0.717) is 35.9 Å². The molecule has 0 aliphatic carbocycles. The maximum Gasteiger partial charge on any atom is 0.183 e. The van der Waals surface area contributed by atoms with Gasteiger partial charge in [0, 0.05) is 30.4 Å². The second-order valence-corrected chi connectivity index (χ2v) is 8.24. The Bertz CT molecular complexity index is 1250. The number of nitrogens with one attached hydrogen (secondary N) is 1. The molecule has 33 heavy (non-hydrogen) atoms. The highest BCUT2D eigenvalue weighted by atomic mass is 19.1. The molecule has 0 unspecified atom stereocenters. The highest BCUT2D eigenvalue weighted by Crippen LogP contribution is 2.29. The third kappa shape index (κ3) is 4.47. The summed E-state index contributed by atoms with van der Waals surface area (Å²) in [5, 5.41) is 11.8. The molecule has 1 saturated heterocycles. The zero-order valence-corrected chi connectivity index (χ0v) is 18.0. The molecule has 0 atom stereocenters. The third-order valence-electron chi connectivity index (χ3n) is 5.75. The lowest BCUT2D eigenvalue weighted by molar-refractivity contribution is 0.0656. The third-order valence-corrected chi connectivity index (χ3v) is 5.75. The van der Waals surface area contributed by atoms with E-state index in [1.165, 1.54) is 12.3 Å². The summed E-state index contributed by atoms with van der Waals surface area (Å²) in [5.41, 5.74) is 1.66. The Morgan fingerprint density at radius 2 is 1.91 bits per heavy atom. The fourth-order valence-electron chi connectivity index (χ4n) is 3.80. The van der Waals surface area contributed by atoms with Crippen LogP contribution in [0.2, 0.25) is 0 Å². The molecule has 170 valence electrons. The molecule has 0 bridgehead atoms. The maximum absolute atomic E-state index is 14.5. The van der Waals surface area contributed by atoms with Crippen LogP contribution in [-0.2, 0) is 11.3 Å². The van der Waals surface area contributed by atoms with E-state index < -0.39 is 5.82 Å². The Balaban J connectivity index is 1.51. The summed E-state index contributed by atoms with van der Waals surface area (Å²) >= 11 is 0. The number of ether oxygens (including phenoxy) is 1. The number of halogens is 2. The molecule has 1 aliphatic heterocycles. The van der Waals surface area contributed by atoms with Gasteiger partial charge >= 0.3 is 0 Å². The topological polar surface area (TPSA) is 90.9 Å². The van der Waals surface area contributed by atoms with Gasteiger partial charge in [0.25, 0.3) is 0 Å². The van der Waals surface area contributed by atoms with Crippen LogP contribution in [0.15, 0.2) is 53.4 Å². The molecule has 3 aromatic heterocycles. The molecular formula is C23H22F2N6O2. The number of hydrogen-bond donors (Lipinski definition) is 1. The second kappa shape index (κ2) is 8.70. The average Bonchev–Trinajstić information content (AvgIpc) is 3.47. The van der Waals surface area contributed by atoms with Gasteiger partial charge in [0.05, 0.1) is 18.4 Å². The first-order chi connectivity index (χ1) is 16.0. The Hall–Kier alpha value is -3.66. The molecule has 0 radical (unpaired) electrons. The predicted molar refractivity (Wildman–Crippen MR) is 116 cm³/mol. The van der Waals surface area contributed by atoms with Crippen molar-refractivity contribution in [3.63, 3.8) is 0 Å². The predicted octanol–water partition coefficient (Wildman–Crippen LogP) is 4.30. The molecule has 4 aromatic rings. The van der Waals surface area contributed by atoms with Crippen molar-refractivity contribution in [3.05, 3.63) is 66.1 Å². The van der Waals surface area contributed by atoms with E-state index in [1.54, 1.807) is 35.0 Å². The van der Waals surface area contributed by atoms with Crippen molar-refractivity contribution in [1.29, 1.82) is 0 Å². The Labute approximate surface area is 188 Å². The molecular weight excluding hydrogens is 430 g/mol. The van der Waals surface area contributed by atoms with E-state index in [2.05, 4.69) is 25.5 Å². The van der Waals surface area contributed by atoms with Gasteiger partial charge in [0.1, 0.15) is 23.5 Å². The van der Waals surface area contributed by atoms with Gasteiger partial charge in [-0.1, -0.05) is 23.4 Å². The van der Waals surface area contributed by atoms with Gasteiger partial charge in [-0.05, 0) is 31.9 Å². The van der Waals surface area contributed by atoms with Gasteiger partial charge < -0.3 is 14.6 Å². The van der Waals surface area contributed by atoms with Crippen LogP contribution in [0.4, 0.5) is 14.6 Å². The van der Waals surface area contributed by atoms with Gasteiger partial charge in [-0.25, -0.2) is 18.7 Å². The van der Waals surface area contributed by atoms with Crippen molar-refractivity contribution in [2.24, 2.45) is 0 Å². The molecule has 1 aliphatic rings. The lowest BCUT2D eigenvalue weighted by atomic mass is 9.92. The minimum Gasteiger partial charge on any atom is -0.381 e. The Morgan fingerprint density at radius 3 is 2.67 bits per heavy atom. The number of hydrogen-bond acceptors (Lipinski definition) is 7. The second-order valence-electron chi connectivity index (χ2n) is 8.24. The van der Waals surface area contributed by atoms with Crippen LogP contribution in [0.25, 0.3) is 22.9 Å². The van der Waals surface area contributed by atoms with E-state index in [1.807, 2.05) is 6.92 Å². The number of aromatic nitrogens is 5. The molecule has 0 amide bonds. The molecule has 4 heterocycles. The Morgan fingerprint density at radius 1 is 1.09 bits per heavy atom. The van der Waals surface area contributed by atoms with Crippen molar-refractivity contribution < 1.29 is 18.0 Å². The van der Waals surface area contributed by atoms with Gasteiger partial charge in [0.2, 0.25) is 0 Å². The van der Waals surface area contributed by atoms with Crippen LogP contribution < -0.4 is 5.32 Å². The lowest BCUT2D eigenvalue weighted by Gasteiger charge is -2.34. The minimum absolute atomic E-state index is 0.107. The molecule has 1 aromatic carbocycles. The van der Waals surface area contributed by atoms with E-state index >= 15 is 0 Å². The standard InChI is InChI=1S/C23H22F2N6O2/c1-23(7-10-32-11-8-23)28-21-17(25)13-26-22(27-21)19-12-20(18-6-9-33-30-18)31(29-19)14-15-4-2-3-5-16(15)24/h2-6,9,12-13H,7-8,10-11,14H2,1H3,(H,26,27,28). The fraction of sp³-hybridized carbons (Fsp3) is 0.304. The minimum atomic E-state index is -0.547. The molecule has 8 nitrogen and oxygen atoms in total. The number of rotatable bonds is 6. The van der Waals surface area contributed by atoms with Crippen molar-refractivity contribution in [2.45, 2.75) is 31.8 Å². The first-order valence-electron chi connectivity index (χ1n) is 10.6. The van der Waals surface area contributed by atoms with Gasteiger partial charge in [-0.15, -0.1) is 0 Å². The maximum atomic E-state index is 14.5. The van der Waals surface area contributed by atoms with Crippen LogP contribution >= 0.6 is 0 Å². The van der Waals surface area contributed by atoms with Crippen molar-refractivity contribution in [2.75, 3.05) is 18.5 Å². The van der Waals surface area contributed by atoms with Gasteiger partial charge in [-0.2, -0.15) is 5.10 Å². The van der Waals surface area contributed by atoms with Crippen LogP contribution in [-0.4, -0.2) is 43.7 Å². The smallest absolute Gasteiger partial charge is 0.183 e. The summed E-state index contributed by atoms with van der Waals surface area (Å²) in [6.45, 7) is 3.39. The first-order valence-corrected chi connectivity index (χ1v) is 10.6. The van der Waals surface area contributed by atoms with Gasteiger partial charge in [0.15, 0.2) is 17.5 Å². The highest BCUT2D eigenvalue weighted by molar-refractivity contribution is 5.63. The van der Waals surface area contributed by atoms with Crippen LogP contribution in [0, 0.1) is 11.6 Å². The van der Waals surface area contributed by atoms with E-state index in [4.69, 9.17) is 9.26 Å². The summed E-state index contributed by atoms with van der Waals surface area (Å²) in [6.07, 6.45) is 4.04. The summed E-state index contributed by atoms with van der Waals surface area (Å²) in [4.78, 5) is 8.55. The summed E-state index contributed by atoms with van der Waals surface area (Å²) in [7, 11) is 0. The van der Waals surface area contributed by atoms with E-state index in [-0.39, 0.29) is 29.5 Å². The summed E-state index contributed by atoms with van der Waals surface area (Å²) in [5.74, 6) is -0.536. The van der Waals surface area contributed by atoms with E-state index in [9.17, 15) is 8.78 Å². The van der Waals surface area contributed by atoms with Crippen LogP contribution in [0.5, 0.6) is 0 Å². The Kier molecular flexibility index (Phi) is 5.59. The normalized spacial score (nSPS) is 15.5. The quantitative estimate of drug-likeness (QED) is 0.466. The van der Waals surface area contributed by atoms with Crippen LogP contribution in [0.3, 0.4) is 0 Å². The molecule has 10 heteroatoms. The molecule has 0 saturated carbocycles. The fourth-order valence-corrected chi connectivity index (χ4v) is 3.80. The number of anilines is 1. The highest BCUT2D eigenvalue weighted by Gasteiger charge is 2.29. The monoisotopic (exact) mass is 452 g/mol. The van der Waals surface area contributed by atoms with Gasteiger partial charge in [-0.3, -0.25) is 4.68 Å². The SMILES string of the molecule is CC1(Nc2nc(-c3cc(-c4ccon4)n(Cc4ccccc4F)n3)ncc2F)CCOCC1. The largest absolute Gasteiger partial charge is 0.381 e. The zero-order chi connectivity index (χ0) is 22.8. The molecule has 1 fully saturated rings. The molecule has 1 N–H and O–H groups in total. The lowest BCUT2D eigenvalue weighted by Crippen LogP contribution is -2.41. The molecule has 0 spiro atoms. The van der Waals surface area contributed by atoms with Crippen molar-refractivity contribution in [1.82, 2.24) is 24.9 Å². The number of benzene rings is 1. The van der Waals surface area contributed by atoms with Crippen molar-refractivity contribution >= 4 is 5.82 Å². The first kappa shape index (κ1) is 21.2. The summed E-state index contributed by atoms with van der Waals surface area (Å²) in [6, 6.07) is 9.89. The summed E-state index contributed by atoms with van der Waals surface area (Å²) < 4.78 is 40.8. The average molecular weight is 452 g/mol. The van der Waals surface area contributed by atoms with Crippen molar-refractivity contribution in [3.8, 4) is 22.9 Å². The van der Waals surface area contributed by atoms with E-state index in [0.717, 1.165) is 19.0 Å². The zero-order valence-electron chi connectivity index (χ0n) is 18.0.